The van der Waals surface area contributed by atoms with Crippen LogP contribution in [0.1, 0.15) is 65.7 Å². The van der Waals surface area contributed by atoms with Crippen molar-refractivity contribution in [1.29, 1.82) is 0 Å². The second kappa shape index (κ2) is 11.2. The Morgan fingerprint density at radius 3 is 2.50 bits per heavy atom. The van der Waals surface area contributed by atoms with Crippen molar-refractivity contribution < 1.29 is 13.7 Å². The van der Waals surface area contributed by atoms with Gasteiger partial charge in [-0.15, -0.1) is 0 Å². The van der Waals surface area contributed by atoms with E-state index in [0.29, 0.717) is 6.42 Å². The van der Waals surface area contributed by atoms with E-state index in [1.165, 1.54) is 0 Å². The summed E-state index contributed by atoms with van der Waals surface area (Å²) in [5, 5.41) is 0.0534. The molecule has 0 aliphatic heterocycles. The van der Waals surface area contributed by atoms with Gasteiger partial charge in [0.25, 0.3) is 0 Å². The second-order valence-electron chi connectivity index (χ2n) is 6.07. The van der Waals surface area contributed by atoms with Crippen LogP contribution in [0.4, 0.5) is 0 Å². The Morgan fingerprint density at radius 1 is 1.18 bits per heavy atom. The van der Waals surface area contributed by atoms with Crippen LogP contribution in [0.3, 0.4) is 0 Å². The topological polar surface area (TPSA) is 46.6 Å². The van der Waals surface area contributed by atoms with Gasteiger partial charge in [-0.1, -0.05) is 33.6 Å². The number of carbonyl (C=O) groups excluding carboxylic acids is 1. The molecule has 0 spiro atoms. The van der Waals surface area contributed by atoms with Crippen molar-refractivity contribution in [2.24, 2.45) is 0 Å². The van der Waals surface area contributed by atoms with Crippen LogP contribution in [0.25, 0.3) is 0 Å². The predicted octanol–water partition coefficient (Wildman–Crippen LogP) is 3.12. The Balaban J connectivity index is 2.45. The summed E-state index contributed by atoms with van der Waals surface area (Å²) in [5.41, 5.74) is 0. The Bertz CT molecular complexity index is 345. The van der Waals surface area contributed by atoms with Gasteiger partial charge in [0.2, 0.25) is 0 Å². The molecule has 1 fully saturated rings. The monoisotopic (exact) mass is 331 g/mol. The average molecular weight is 332 g/mol. The molecule has 1 saturated carbocycles. The first-order chi connectivity index (χ1) is 10.6. The standard InChI is InChI=1S/C17H33NO3S/c1-4-7-14-22(20)16-11-9-8-10-15(16)21-17(19)12-13-18(5-2)6-3/h15-16H,4-14H2,1-3H3. The van der Waals surface area contributed by atoms with Crippen LogP contribution in [0.5, 0.6) is 0 Å². The van der Waals surface area contributed by atoms with Crippen molar-refractivity contribution in [3.63, 3.8) is 0 Å². The van der Waals surface area contributed by atoms with Crippen LogP contribution in [-0.2, 0) is 20.3 Å². The van der Waals surface area contributed by atoms with Crippen molar-refractivity contribution in [2.75, 3.05) is 25.4 Å². The number of carbonyl (C=O) groups is 1. The Labute approximate surface area is 138 Å². The van der Waals surface area contributed by atoms with Gasteiger partial charge in [-0.3, -0.25) is 9.00 Å². The highest BCUT2D eigenvalue weighted by molar-refractivity contribution is 7.85. The molecule has 1 rings (SSSR count). The molecule has 3 atom stereocenters. The van der Waals surface area contributed by atoms with Gasteiger partial charge in [0.05, 0.1) is 11.7 Å². The van der Waals surface area contributed by atoms with Gasteiger partial charge in [-0.25, -0.2) is 0 Å². The highest BCUT2D eigenvalue weighted by atomic mass is 32.2. The van der Waals surface area contributed by atoms with Crippen LogP contribution >= 0.6 is 0 Å². The summed E-state index contributed by atoms with van der Waals surface area (Å²) in [7, 11) is -0.856. The molecule has 0 aromatic rings. The zero-order valence-electron chi connectivity index (χ0n) is 14.5. The molecular weight excluding hydrogens is 298 g/mol. The maximum Gasteiger partial charge on any atom is 0.307 e. The first kappa shape index (κ1) is 19.6. The molecule has 0 heterocycles. The lowest BCUT2D eigenvalue weighted by Gasteiger charge is -2.30. The number of esters is 1. The number of nitrogens with zero attached hydrogens (tertiary/aromatic N) is 1. The molecule has 0 amide bonds. The van der Waals surface area contributed by atoms with Crippen LogP contribution < -0.4 is 0 Å². The fraction of sp³-hybridized carbons (Fsp3) is 0.941. The highest BCUT2D eigenvalue weighted by Crippen LogP contribution is 2.26. The van der Waals surface area contributed by atoms with E-state index in [1.807, 2.05) is 0 Å². The summed E-state index contributed by atoms with van der Waals surface area (Å²) >= 11 is 0. The zero-order valence-corrected chi connectivity index (χ0v) is 15.3. The van der Waals surface area contributed by atoms with Crippen LogP contribution in [0.15, 0.2) is 0 Å². The van der Waals surface area contributed by atoms with E-state index in [9.17, 15) is 9.00 Å². The summed E-state index contributed by atoms with van der Waals surface area (Å²) in [6.07, 6.45) is 6.36. The van der Waals surface area contributed by atoms with E-state index in [2.05, 4.69) is 25.7 Å². The molecule has 0 aromatic carbocycles. The third kappa shape index (κ3) is 6.78. The molecule has 0 saturated heterocycles. The number of unbranched alkanes of at least 4 members (excludes halogenated alkanes) is 1. The lowest BCUT2D eigenvalue weighted by Crippen LogP contribution is -2.38. The van der Waals surface area contributed by atoms with Crippen molar-refractivity contribution in [1.82, 2.24) is 4.90 Å². The van der Waals surface area contributed by atoms with E-state index in [-0.39, 0.29) is 17.3 Å². The molecule has 0 N–H and O–H groups in total. The number of hydrogen-bond acceptors (Lipinski definition) is 4. The minimum atomic E-state index is -0.856. The van der Waals surface area contributed by atoms with Crippen molar-refractivity contribution in [3.8, 4) is 0 Å². The van der Waals surface area contributed by atoms with Gasteiger partial charge < -0.3 is 9.64 Å². The number of rotatable bonds is 10. The van der Waals surface area contributed by atoms with Gasteiger partial charge in [0, 0.05) is 23.1 Å². The zero-order chi connectivity index (χ0) is 16.4. The van der Waals surface area contributed by atoms with Crippen LogP contribution in [0.2, 0.25) is 0 Å². The van der Waals surface area contributed by atoms with Gasteiger partial charge in [0.15, 0.2) is 0 Å². The van der Waals surface area contributed by atoms with E-state index < -0.39 is 10.8 Å². The third-order valence-corrected chi connectivity index (χ3v) is 6.39. The van der Waals surface area contributed by atoms with Crippen molar-refractivity contribution in [3.05, 3.63) is 0 Å². The molecule has 3 unspecified atom stereocenters. The lowest BCUT2D eigenvalue weighted by molar-refractivity contribution is -0.150. The first-order valence-corrected chi connectivity index (χ1v) is 10.3. The van der Waals surface area contributed by atoms with Gasteiger partial charge >= 0.3 is 5.97 Å². The van der Waals surface area contributed by atoms with Crippen LogP contribution in [-0.4, -0.2) is 51.8 Å². The first-order valence-electron chi connectivity index (χ1n) is 8.91. The fourth-order valence-corrected chi connectivity index (χ4v) is 4.79. The summed E-state index contributed by atoms with van der Waals surface area (Å²) in [6.45, 7) is 8.98. The SMILES string of the molecule is CCCCS(=O)C1CCCCC1OC(=O)CCN(CC)CC. The van der Waals surface area contributed by atoms with Gasteiger partial charge in [-0.05, 0) is 38.8 Å². The van der Waals surface area contributed by atoms with Crippen LogP contribution in [0, 0.1) is 0 Å². The average Bonchev–Trinajstić information content (AvgIpc) is 2.54. The number of hydrogen-bond donors (Lipinski definition) is 0. The van der Waals surface area contributed by atoms with E-state index in [0.717, 1.165) is 63.9 Å². The normalized spacial score (nSPS) is 23.5. The second-order valence-corrected chi connectivity index (χ2v) is 7.84. The molecule has 0 aromatic heterocycles. The maximum absolute atomic E-state index is 12.4. The summed E-state index contributed by atoms with van der Waals surface area (Å²) < 4.78 is 18.1. The molecule has 1 aliphatic carbocycles. The van der Waals surface area contributed by atoms with Gasteiger partial charge in [0.1, 0.15) is 6.10 Å². The maximum atomic E-state index is 12.4. The molecular formula is C17H33NO3S. The van der Waals surface area contributed by atoms with Crippen molar-refractivity contribution >= 4 is 16.8 Å². The van der Waals surface area contributed by atoms with E-state index >= 15 is 0 Å². The summed E-state index contributed by atoms with van der Waals surface area (Å²) in [6, 6.07) is 0. The van der Waals surface area contributed by atoms with Gasteiger partial charge in [-0.2, -0.15) is 0 Å². The quantitative estimate of drug-likeness (QED) is 0.577. The minimum Gasteiger partial charge on any atom is -0.461 e. The predicted molar refractivity (Wildman–Crippen MR) is 92.5 cm³/mol. The Morgan fingerprint density at radius 2 is 1.86 bits per heavy atom. The molecule has 1 aliphatic rings. The Hall–Kier alpha value is -0.420. The largest absolute Gasteiger partial charge is 0.461 e. The Kier molecular flexibility index (Phi) is 9.96. The molecule has 4 nitrogen and oxygen atoms in total. The molecule has 0 radical (unpaired) electrons. The fourth-order valence-electron chi connectivity index (χ4n) is 2.95. The molecule has 22 heavy (non-hydrogen) atoms. The summed E-state index contributed by atoms with van der Waals surface area (Å²) in [5.74, 6) is 0.616. The lowest BCUT2D eigenvalue weighted by atomic mass is 9.97. The highest BCUT2D eigenvalue weighted by Gasteiger charge is 2.32. The number of ether oxygens (including phenoxy) is 1. The minimum absolute atomic E-state index is 0.0534. The van der Waals surface area contributed by atoms with E-state index in [1.54, 1.807) is 0 Å². The molecule has 5 heteroatoms. The third-order valence-electron chi connectivity index (χ3n) is 4.49. The smallest absolute Gasteiger partial charge is 0.307 e. The molecule has 0 bridgehead atoms. The van der Waals surface area contributed by atoms with Crippen molar-refractivity contribution in [2.45, 2.75) is 77.1 Å². The van der Waals surface area contributed by atoms with E-state index in [4.69, 9.17) is 4.74 Å². The molecule has 130 valence electrons. The summed E-state index contributed by atoms with van der Waals surface area (Å²) in [4.78, 5) is 14.3.